The molecule has 1 aliphatic heterocycles. The lowest BCUT2D eigenvalue weighted by molar-refractivity contribution is -0.120. The van der Waals surface area contributed by atoms with Crippen LogP contribution in [0.2, 0.25) is 0 Å². The molecule has 1 aromatic carbocycles. The normalized spacial score (nSPS) is 15.3. The number of hydrogen-bond acceptors (Lipinski definition) is 3. The molecule has 0 fully saturated rings. The van der Waals surface area contributed by atoms with Gasteiger partial charge in [0, 0.05) is 37.8 Å². The van der Waals surface area contributed by atoms with Crippen molar-refractivity contribution < 1.29 is 4.79 Å². The quantitative estimate of drug-likeness (QED) is 0.813. The minimum Gasteiger partial charge on any atom is -0.366 e. The van der Waals surface area contributed by atoms with Crippen molar-refractivity contribution in [2.75, 3.05) is 24.5 Å². The van der Waals surface area contributed by atoms with E-state index in [0.29, 0.717) is 25.6 Å². The number of nitrogens with zero attached hydrogens (tertiary/aromatic N) is 1. The number of carbonyl (C=O) groups excluding carboxylic acids is 1. The van der Waals surface area contributed by atoms with Crippen molar-refractivity contribution in [2.45, 2.75) is 25.8 Å². The van der Waals surface area contributed by atoms with Gasteiger partial charge >= 0.3 is 0 Å². The van der Waals surface area contributed by atoms with Gasteiger partial charge in [-0.25, -0.2) is 0 Å². The molecule has 98 valence electrons. The zero-order chi connectivity index (χ0) is 13.0. The van der Waals surface area contributed by atoms with Gasteiger partial charge in [0.05, 0.1) is 0 Å². The van der Waals surface area contributed by atoms with Crippen molar-refractivity contribution in [1.82, 2.24) is 5.32 Å². The second-order valence-electron chi connectivity index (χ2n) is 4.76. The van der Waals surface area contributed by atoms with Gasteiger partial charge in [-0.3, -0.25) is 4.79 Å². The van der Waals surface area contributed by atoms with Crippen molar-refractivity contribution in [1.29, 1.82) is 0 Å². The highest BCUT2D eigenvalue weighted by atomic mass is 16.1. The van der Waals surface area contributed by atoms with E-state index in [-0.39, 0.29) is 5.91 Å². The average Bonchev–Trinajstić information content (AvgIpc) is 2.80. The van der Waals surface area contributed by atoms with Crippen molar-refractivity contribution in [3.05, 3.63) is 29.8 Å². The molecule has 4 nitrogen and oxygen atoms in total. The van der Waals surface area contributed by atoms with E-state index < -0.39 is 0 Å². The standard InChI is InChI=1S/C14H21N3O/c1-11(10-16-14(18)6-8-15)17-9-7-12-4-2-3-5-13(12)17/h2-5,11H,6-10,15H2,1H3,(H,16,18). The number of benzene rings is 1. The van der Waals surface area contributed by atoms with Gasteiger partial charge in [-0.2, -0.15) is 0 Å². The van der Waals surface area contributed by atoms with Crippen molar-refractivity contribution in [3.63, 3.8) is 0 Å². The van der Waals surface area contributed by atoms with Gasteiger partial charge in [-0.1, -0.05) is 18.2 Å². The SMILES string of the molecule is CC(CNC(=O)CCN)N1CCc2ccccc21. The zero-order valence-corrected chi connectivity index (χ0v) is 10.9. The monoisotopic (exact) mass is 247 g/mol. The first-order valence-electron chi connectivity index (χ1n) is 6.53. The number of anilines is 1. The Morgan fingerprint density at radius 1 is 1.50 bits per heavy atom. The zero-order valence-electron chi connectivity index (χ0n) is 10.9. The summed E-state index contributed by atoms with van der Waals surface area (Å²) in [6, 6.07) is 8.79. The Hall–Kier alpha value is -1.55. The summed E-state index contributed by atoms with van der Waals surface area (Å²) in [4.78, 5) is 13.8. The first-order valence-corrected chi connectivity index (χ1v) is 6.53. The second-order valence-corrected chi connectivity index (χ2v) is 4.76. The maximum Gasteiger partial charge on any atom is 0.221 e. The van der Waals surface area contributed by atoms with Crippen LogP contribution in [0.25, 0.3) is 0 Å². The number of nitrogens with one attached hydrogen (secondary N) is 1. The number of para-hydroxylation sites is 1. The first kappa shape index (κ1) is 12.9. The van der Waals surface area contributed by atoms with Crippen molar-refractivity contribution >= 4 is 11.6 Å². The average molecular weight is 247 g/mol. The third-order valence-corrected chi connectivity index (χ3v) is 3.42. The molecule has 0 radical (unpaired) electrons. The topological polar surface area (TPSA) is 58.4 Å². The van der Waals surface area contributed by atoms with E-state index in [4.69, 9.17) is 5.73 Å². The van der Waals surface area contributed by atoms with Crippen LogP contribution in [-0.2, 0) is 11.2 Å². The van der Waals surface area contributed by atoms with Crippen LogP contribution in [-0.4, -0.2) is 31.6 Å². The summed E-state index contributed by atoms with van der Waals surface area (Å²) in [5.74, 6) is 0.0387. The predicted octanol–water partition coefficient (Wildman–Crippen LogP) is 0.903. The van der Waals surface area contributed by atoms with Crippen LogP contribution in [0.3, 0.4) is 0 Å². The van der Waals surface area contributed by atoms with E-state index in [0.717, 1.165) is 13.0 Å². The minimum absolute atomic E-state index is 0.0387. The molecule has 4 heteroatoms. The van der Waals surface area contributed by atoms with Crippen LogP contribution in [0.5, 0.6) is 0 Å². The summed E-state index contributed by atoms with van der Waals surface area (Å²) in [7, 11) is 0. The lowest BCUT2D eigenvalue weighted by atomic mass is 10.2. The maximum atomic E-state index is 11.4. The molecule has 0 saturated heterocycles. The Bertz CT molecular complexity index is 419. The number of fused-ring (bicyclic) bond motifs is 1. The molecule has 0 spiro atoms. The van der Waals surface area contributed by atoms with Crippen LogP contribution < -0.4 is 16.0 Å². The highest BCUT2D eigenvalue weighted by Gasteiger charge is 2.22. The molecule has 0 aromatic heterocycles. The minimum atomic E-state index is 0.0387. The molecule has 3 N–H and O–H groups in total. The number of carbonyl (C=O) groups is 1. The summed E-state index contributed by atoms with van der Waals surface area (Å²) in [5, 5.41) is 2.93. The molecule has 1 atom stereocenters. The Morgan fingerprint density at radius 3 is 3.06 bits per heavy atom. The smallest absolute Gasteiger partial charge is 0.221 e. The van der Waals surface area contributed by atoms with E-state index in [9.17, 15) is 4.79 Å². The van der Waals surface area contributed by atoms with Crippen LogP contribution in [0.1, 0.15) is 18.9 Å². The molecular formula is C14H21N3O. The largest absolute Gasteiger partial charge is 0.366 e. The first-order chi connectivity index (χ1) is 8.72. The summed E-state index contributed by atoms with van der Waals surface area (Å²) in [6.07, 6.45) is 1.50. The third kappa shape index (κ3) is 2.82. The molecule has 0 bridgehead atoms. The summed E-state index contributed by atoms with van der Waals surface area (Å²) >= 11 is 0. The number of amides is 1. The molecule has 1 aliphatic rings. The highest BCUT2D eigenvalue weighted by Crippen LogP contribution is 2.28. The van der Waals surface area contributed by atoms with Crippen LogP contribution in [0.4, 0.5) is 5.69 Å². The summed E-state index contributed by atoms with van der Waals surface area (Å²) in [5.41, 5.74) is 8.05. The van der Waals surface area contributed by atoms with Gasteiger partial charge in [0.1, 0.15) is 0 Å². The van der Waals surface area contributed by atoms with Gasteiger partial charge < -0.3 is 16.0 Å². The van der Waals surface area contributed by atoms with Gasteiger partial charge in [0.15, 0.2) is 0 Å². The predicted molar refractivity (Wildman–Crippen MR) is 73.6 cm³/mol. The molecule has 1 amide bonds. The fraction of sp³-hybridized carbons (Fsp3) is 0.500. The molecule has 2 rings (SSSR count). The molecule has 1 heterocycles. The lowest BCUT2D eigenvalue weighted by Gasteiger charge is -2.27. The summed E-state index contributed by atoms with van der Waals surface area (Å²) < 4.78 is 0. The van der Waals surface area contributed by atoms with Gasteiger partial charge in [-0.15, -0.1) is 0 Å². The fourth-order valence-corrected chi connectivity index (χ4v) is 2.41. The van der Waals surface area contributed by atoms with Gasteiger partial charge in [-0.05, 0) is 25.0 Å². The Labute approximate surface area is 108 Å². The molecule has 18 heavy (non-hydrogen) atoms. The Balaban J connectivity index is 1.91. The lowest BCUT2D eigenvalue weighted by Crippen LogP contribution is -2.41. The Morgan fingerprint density at radius 2 is 2.28 bits per heavy atom. The molecule has 0 saturated carbocycles. The van der Waals surface area contributed by atoms with E-state index in [1.165, 1.54) is 11.3 Å². The van der Waals surface area contributed by atoms with E-state index >= 15 is 0 Å². The second kappa shape index (κ2) is 5.87. The van der Waals surface area contributed by atoms with Crippen LogP contribution in [0, 0.1) is 0 Å². The van der Waals surface area contributed by atoms with Gasteiger partial charge in [0.25, 0.3) is 0 Å². The summed E-state index contributed by atoms with van der Waals surface area (Å²) in [6.45, 7) is 4.26. The molecule has 1 unspecified atom stereocenters. The third-order valence-electron chi connectivity index (χ3n) is 3.42. The number of hydrogen-bond donors (Lipinski definition) is 2. The van der Waals surface area contributed by atoms with Crippen molar-refractivity contribution in [3.8, 4) is 0 Å². The fourth-order valence-electron chi connectivity index (χ4n) is 2.41. The molecule has 0 aliphatic carbocycles. The van der Waals surface area contributed by atoms with Crippen molar-refractivity contribution in [2.24, 2.45) is 5.73 Å². The number of rotatable bonds is 5. The van der Waals surface area contributed by atoms with Gasteiger partial charge in [0.2, 0.25) is 5.91 Å². The molecule has 1 aromatic rings. The number of nitrogens with two attached hydrogens (primary N) is 1. The van der Waals surface area contributed by atoms with Crippen LogP contribution >= 0.6 is 0 Å². The maximum absolute atomic E-state index is 11.4. The highest BCUT2D eigenvalue weighted by molar-refractivity contribution is 5.76. The van der Waals surface area contributed by atoms with E-state index in [2.05, 4.69) is 41.4 Å². The molecular weight excluding hydrogens is 226 g/mol. The van der Waals surface area contributed by atoms with E-state index in [1.807, 2.05) is 0 Å². The van der Waals surface area contributed by atoms with Crippen LogP contribution in [0.15, 0.2) is 24.3 Å². The Kier molecular flexibility index (Phi) is 4.20. The van der Waals surface area contributed by atoms with E-state index in [1.54, 1.807) is 0 Å².